The van der Waals surface area contributed by atoms with Crippen molar-refractivity contribution in [1.29, 1.82) is 0 Å². The summed E-state index contributed by atoms with van der Waals surface area (Å²) >= 11 is 0. The van der Waals surface area contributed by atoms with E-state index in [1.165, 1.54) is 6.08 Å². The molecule has 0 aliphatic carbocycles. The van der Waals surface area contributed by atoms with Crippen molar-refractivity contribution in [3.63, 3.8) is 0 Å². The number of allylic oxidation sites excluding steroid dienone is 1. The Bertz CT molecular complexity index is 669. The van der Waals surface area contributed by atoms with Crippen LogP contribution in [0.4, 0.5) is 0 Å². The fourth-order valence-corrected chi connectivity index (χ4v) is 2.42. The molecule has 0 unspecified atom stereocenters. The summed E-state index contributed by atoms with van der Waals surface area (Å²) in [7, 11) is 0. The van der Waals surface area contributed by atoms with Gasteiger partial charge in [0.15, 0.2) is 0 Å². The maximum Gasteiger partial charge on any atom is 0.249 e. The van der Waals surface area contributed by atoms with Gasteiger partial charge < -0.3 is 9.88 Å². The van der Waals surface area contributed by atoms with Gasteiger partial charge in [-0.25, -0.2) is 4.98 Å². The van der Waals surface area contributed by atoms with Crippen LogP contribution in [0.3, 0.4) is 0 Å². The minimum absolute atomic E-state index is 0.0540. The molecule has 0 saturated carbocycles. The van der Waals surface area contributed by atoms with E-state index in [0.717, 1.165) is 41.6 Å². The molecule has 2 aromatic heterocycles. The zero-order valence-corrected chi connectivity index (χ0v) is 10.5. The Kier molecular flexibility index (Phi) is 2.91. The lowest BCUT2D eigenvalue weighted by molar-refractivity contribution is -0.123. The smallest absolute Gasteiger partial charge is 0.249 e. The average molecular weight is 252 g/mol. The molecule has 1 amide bonds. The molecule has 0 aromatic carbocycles. The number of hydrogen-bond donors (Lipinski definition) is 1. The lowest BCUT2D eigenvalue weighted by atomic mass is 9.99. The molecule has 2 aromatic rings. The molecule has 4 nitrogen and oxygen atoms in total. The number of aromatic nitrogens is 2. The minimum Gasteiger partial charge on any atom is -0.346 e. The van der Waals surface area contributed by atoms with E-state index in [0.29, 0.717) is 0 Å². The summed E-state index contributed by atoms with van der Waals surface area (Å²) in [6.07, 6.45) is 8.78. The number of carbonyl (C=O) groups is 1. The van der Waals surface area contributed by atoms with E-state index in [-0.39, 0.29) is 5.91 Å². The lowest BCUT2D eigenvalue weighted by Crippen LogP contribution is -2.27. The number of amides is 1. The number of aromatic amines is 1. The van der Waals surface area contributed by atoms with Crippen molar-refractivity contribution in [2.75, 3.05) is 6.54 Å². The average Bonchev–Trinajstić information content (AvgIpc) is 2.90. The molecule has 19 heavy (non-hydrogen) atoms. The summed E-state index contributed by atoms with van der Waals surface area (Å²) in [6.45, 7) is 4.28. The Morgan fingerprint density at radius 1 is 1.58 bits per heavy atom. The van der Waals surface area contributed by atoms with Gasteiger partial charge in [0.25, 0.3) is 0 Å². The maximum atomic E-state index is 11.7. The van der Waals surface area contributed by atoms with Gasteiger partial charge in [0.1, 0.15) is 5.65 Å². The number of hydrogen-bond acceptors (Lipinski definition) is 2. The highest BCUT2D eigenvalue weighted by Crippen LogP contribution is 2.29. The molecule has 0 fully saturated rings. The molecule has 0 saturated heterocycles. The lowest BCUT2D eigenvalue weighted by Gasteiger charge is -2.23. The van der Waals surface area contributed by atoms with Crippen LogP contribution in [0, 0.1) is 6.07 Å². The molecule has 0 atom stereocenters. The summed E-state index contributed by atoms with van der Waals surface area (Å²) < 4.78 is 0. The first kappa shape index (κ1) is 11.7. The largest absolute Gasteiger partial charge is 0.346 e. The predicted molar refractivity (Wildman–Crippen MR) is 74.1 cm³/mol. The topological polar surface area (TPSA) is 49.0 Å². The highest BCUT2D eigenvalue weighted by molar-refractivity contribution is 5.93. The number of carbonyl (C=O) groups excluding carboxylic acids is 1. The van der Waals surface area contributed by atoms with Crippen LogP contribution in [0.1, 0.15) is 18.4 Å². The quantitative estimate of drug-likeness (QED) is 0.835. The predicted octanol–water partition coefficient (Wildman–Crippen LogP) is 2.51. The standard InChI is InChI=1S/C15H14N3O/c1-2-14(19)18-8-4-5-11(10-18)13-9-17-15-12(13)6-3-7-16-15/h2,6-7,9-10H,1,4-5,8H2,(H,16,17). The van der Waals surface area contributed by atoms with Crippen molar-refractivity contribution in [1.82, 2.24) is 14.9 Å². The van der Waals surface area contributed by atoms with Crippen LogP contribution in [0.15, 0.2) is 37.3 Å². The molecular formula is C15H14N3O. The number of fused-ring (bicyclic) bond motifs is 1. The van der Waals surface area contributed by atoms with E-state index >= 15 is 0 Å². The molecular weight excluding hydrogens is 238 g/mol. The molecule has 0 bridgehead atoms. The third-order valence-corrected chi connectivity index (χ3v) is 3.35. The minimum atomic E-state index is -0.0540. The molecule has 3 rings (SSSR count). The number of nitrogens with zero attached hydrogens (tertiary/aromatic N) is 2. The van der Waals surface area contributed by atoms with Gasteiger partial charge in [0.05, 0.1) is 0 Å². The third kappa shape index (κ3) is 2.05. The van der Waals surface area contributed by atoms with Crippen LogP contribution in [-0.4, -0.2) is 27.3 Å². The van der Waals surface area contributed by atoms with Crippen LogP contribution >= 0.6 is 0 Å². The van der Waals surface area contributed by atoms with Crippen LogP contribution in [0.25, 0.3) is 16.6 Å². The van der Waals surface area contributed by atoms with Crippen molar-refractivity contribution < 1.29 is 4.79 Å². The summed E-state index contributed by atoms with van der Waals surface area (Å²) in [5.41, 5.74) is 3.09. The van der Waals surface area contributed by atoms with E-state index in [2.05, 4.69) is 22.6 Å². The second-order valence-electron chi connectivity index (χ2n) is 4.53. The first-order valence-corrected chi connectivity index (χ1v) is 6.27. The van der Waals surface area contributed by atoms with Gasteiger partial charge in [0.2, 0.25) is 5.91 Å². The van der Waals surface area contributed by atoms with Crippen molar-refractivity contribution in [3.8, 4) is 0 Å². The van der Waals surface area contributed by atoms with Gasteiger partial charge in [0, 0.05) is 42.2 Å². The highest BCUT2D eigenvalue weighted by atomic mass is 16.2. The number of H-pyrrole nitrogens is 1. The van der Waals surface area contributed by atoms with Crippen LogP contribution in [0.2, 0.25) is 0 Å². The normalized spacial score (nSPS) is 15.4. The Hall–Kier alpha value is -2.36. The Balaban J connectivity index is 2.03. The van der Waals surface area contributed by atoms with Gasteiger partial charge in [-0.3, -0.25) is 4.79 Å². The molecule has 4 heteroatoms. The SMILES string of the molecule is C=CC(=O)N1C=C(c2c[nH]c3nc[c]cc23)CCC1. The second kappa shape index (κ2) is 4.72. The number of rotatable bonds is 2. The molecule has 1 aliphatic rings. The molecule has 0 spiro atoms. The van der Waals surface area contributed by atoms with Gasteiger partial charge in [-0.1, -0.05) is 6.58 Å². The maximum absolute atomic E-state index is 11.7. The summed E-state index contributed by atoms with van der Waals surface area (Å²) in [5.74, 6) is -0.0540. The van der Waals surface area contributed by atoms with Crippen molar-refractivity contribution >= 4 is 22.5 Å². The highest BCUT2D eigenvalue weighted by Gasteiger charge is 2.17. The zero-order chi connectivity index (χ0) is 13.2. The van der Waals surface area contributed by atoms with Gasteiger partial charge in [-0.2, -0.15) is 0 Å². The van der Waals surface area contributed by atoms with Gasteiger partial charge in [-0.15, -0.1) is 0 Å². The van der Waals surface area contributed by atoms with Gasteiger partial charge in [-0.05, 0) is 30.6 Å². The Morgan fingerprint density at radius 2 is 2.47 bits per heavy atom. The summed E-state index contributed by atoms with van der Waals surface area (Å²) in [4.78, 5) is 20.8. The van der Waals surface area contributed by atoms with Crippen LogP contribution < -0.4 is 0 Å². The molecule has 1 aliphatic heterocycles. The van der Waals surface area contributed by atoms with Crippen molar-refractivity contribution in [2.45, 2.75) is 12.8 Å². The van der Waals surface area contributed by atoms with Crippen molar-refractivity contribution in [2.24, 2.45) is 0 Å². The Labute approximate surface area is 111 Å². The van der Waals surface area contributed by atoms with Crippen molar-refractivity contribution in [3.05, 3.63) is 48.9 Å². The first-order valence-electron chi connectivity index (χ1n) is 6.27. The van der Waals surface area contributed by atoms with E-state index in [1.807, 2.05) is 18.5 Å². The van der Waals surface area contributed by atoms with Gasteiger partial charge >= 0.3 is 0 Å². The number of nitrogens with one attached hydrogen (secondary N) is 1. The van der Waals surface area contributed by atoms with E-state index < -0.39 is 0 Å². The second-order valence-corrected chi connectivity index (χ2v) is 4.53. The first-order chi connectivity index (χ1) is 9.29. The van der Waals surface area contributed by atoms with E-state index in [4.69, 9.17) is 0 Å². The van der Waals surface area contributed by atoms with Crippen LogP contribution in [0.5, 0.6) is 0 Å². The molecule has 1 N–H and O–H groups in total. The fraction of sp³-hybridized carbons (Fsp3) is 0.200. The van der Waals surface area contributed by atoms with E-state index in [9.17, 15) is 4.79 Å². The molecule has 3 heterocycles. The summed E-state index contributed by atoms with van der Waals surface area (Å²) in [5, 5.41) is 1.04. The zero-order valence-electron chi connectivity index (χ0n) is 10.5. The fourth-order valence-electron chi connectivity index (χ4n) is 2.42. The summed E-state index contributed by atoms with van der Waals surface area (Å²) in [6, 6.07) is 4.91. The molecule has 95 valence electrons. The van der Waals surface area contributed by atoms with Crippen LogP contribution in [-0.2, 0) is 4.79 Å². The molecule has 1 radical (unpaired) electrons. The monoisotopic (exact) mass is 252 g/mol. The third-order valence-electron chi connectivity index (χ3n) is 3.35. The number of pyridine rings is 1. The van der Waals surface area contributed by atoms with E-state index in [1.54, 1.807) is 11.1 Å². The Morgan fingerprint density at radius 3 is 3.32 bits per heavy atom.